The van der Waals surface area contributed by atoms with Crippen LogP contribution in [-0.4, -0.2) is 24.4 Å². The summed E-state index contributed by atoms with van der Waals surface area (Å²) in [7, 11) is 1.50. The Kier molecular flexibility index (Phi) is 4.11. The second kappa shape index (κ2) is 5.35. The van der Waals surface area contributed by atoms with Gasteiger partial charge in [-0.2, -0.15) is 0 Å². The molecule has 0 bridgehead atoms. The maximum atomic E-state index is 11.1. The molecule has 1 amide bonds. The molecule has 15 heavy (non-hydrogen) atoms. The van der Waals surface area contributed by atoms with Crippen LogP contribution in [0.5, 0.6) is 5.75 Å². The summed E-state index contributed by atoms with van der Waals surface area (Å²) < 4.78 is 5.81. The fraction of sp³-hybridized carbons (Fsp3) is 0.111. The molecule has 0 aliphatic carbocycles. The zero-order chi connectivity index (χ0) is 11.3. The fourth-order valence-electron chi connectivity index (χ4n) is 1.03. The lowest BCUT2D eigenvalue weighted by molar-refractivity contribution is -0.110. The highest BCUT2D eigenvalue weighted by Crippen LogP contribution is 2.32. The normalized spacial score (nSPS) is 10.3. The molecule has 1 aromatic carbocycles. The van der Waals surface area contributed by atoms with E-state index in [1.807, 2.05) is 0 Å². The Morgan fingerprint density at radius 3 is 3.00 bits per heavy atom. The number of amides is 1. The van der Waals surface area contributed by atoms with Crippen LogP contribution < -0.4 is 10.1 Å². The van der Waals surface area contributed by atoms with Crippen molar-refractivity contribution in [3.8, 4) is 5.75 Å². The zero-order valence-corrected chi connectivity index (χ0v) is 9.48. The largest absolute Gasteiger partial charge is 0.493 e. The molecule has 1 rings (SSSR count). The Bertz CT molecular complexity index is 393. The van der Waals surface area contributed by atoms with Gasteiger partial charge in [0.1, 0.15) is 6.21 Å². The number of oxime groups is 1. The Balaban J connectivity index is 2.94. The van der Waals surface area contributed by atoms with Crippen molar-refractivity contribution in [1.29, 1.82) is 0 Å². The Hall–Kier alpha value is -1.56. The van der Waals surface area contributed by atoms with Crippen LogP contribution in [0.25, 0.3) is 0 Å². The molecule has 0 aromatic heterocycles. The molecule has 0 saturated carbocycles. The number of ether oxygens (including phenoxy) is 1. The summed E-state index contributed by atoms with van der Waals surface area (Å²) in [5, 5.41) is 13.3. The Morgan fingerprint density at radius 2 is 2.40 bits per heavy atom. The van der Waals surface area contributed by atoms with Crippen LogP contribution in [0.1, 0.15) is 0 Å². The molecule has 0 saturated heterocycles. The maximum absolute atomic E-state index is 11.1. The Labute approximate surface area is 94.9 Å². The number of carbonyl (C=O) groups excluding carboxylic acids is 1. The van der Waals surface area contributed by atoms with Crippen LogP contribution >= 0.6 is 15.9 Å². The van der Waals surface area contributed by atoms with Gasteiger partial charge < -0.3 is 15.3 Å². The average molecular weight is 273 g/mol. The molecule has 6 heteroatoms. The highest BCUT2D eigenvalue weighted by molar-refractivity contribution is 9.10. The van der Waals surface area contributed by atoms with Gasteiger partial charge in [-0.1, -0.05) is 11.2 Å². The van der Waals surface area contributed by atoms with Crippen molar-refractivity contribution in [1.82, 2.24) is 0 Å². The zero-order valence-electron chi connectivity index (χ0n) is 7.90. The van der Waals surface area contributed by atoms with E-state index in [9.17, 15) is 4.79 Å². The van der Waals surface area contributed by atoms with E-state index in [0.717, 1.165) is 10.7 Å². The minimum atomic E-state index is -0.533. The summed E-state index contributed by atoms with van der Waals surface area (Å²) in [5.74, 6) is -0.0221. The van der Waals surface area contributed by atoms with Crippen LogP contribution in [0.2, 0.25) is 0 Å². The van der Waals surface area contributed by atoms with E-state index in [4.69, 9.17) is 9.94 Å². The van der Waals surface area contributed by atoms with Crippen LogP contribution in [0.15, 0.2) is 27.8 Å². The van der Waals surface area contributed by atoms with E-state index in [1.54, 1.807) is 18.2 Å². The fourth-order valence-corrected chi connectivity index (χ4v) is 1.56. The number of methoxy groups -OCH3 is 1. The number of benzene rings is 1. The molecule has 0 unspecified atom stereocenters. The number of rotatable bonds is 3. The van der Waals surface area contributed by atoms with Gasteiger partial charge in [-0.15, -0.1) is 0 Å². The first kappa shape index (κ1) is 11.5. The second-order valence-corrected chi connectivity index (χ2v) is 3.41. The van der Waals surface area contributed by atoms with Gasteiger partial charge in [0.05, 0.1) is 17.3 Å². The summed E-state index contributed by atoms with van der Waals surface area (Å²) >= 11 is 3.28. The molecule has 80 valence electrons. The summed E-state index contributed by atoms with van der Waals surface area (Å²) in [6.07, 6.45) is 0.764. The first-order valence-corrected chi connectivity index (χ1v) is 4.79. The highest BCUT2D eigenvalue weighted by atomic mass is 79.9. The van der Waals surface area contributed by atoms with Crippen LogP contribution in [-0.2, 0) is 4.79 Å². The van der Waals surface area contributed by atoms with Crippen molar-refractivity contribution in [2.24, 2.45) is 5.16 Å². The molecule has 2 N–H and O–H groups in total. The summed E-state index contributed by atoms with van der Waals surface area (Å²) in [5.41, 5.74) is 0.497. The summed E-state index contributed by atoms with van der Waals surface area (Å²) in [4.78, 5) is 11.1. The quantitative estimate of drug-likeness (QED) is 0.501. The third-order valence-electron chi connectivity index (χ3n) is 1.60. The number of nitrogens with one attached hydrogen (secondary N) is 1. The van der Waals surface area contributed by atoms with Gasteiger partial charge in [0.15, 0.2) is 5.75 Å². The molecular weight excluding hydrogens is 264 g/mol. The van der Waals surface area contributed by atoms with Crippen molar-refractivity contribution in [3.05, 3.63) is 22.7 Å². The van der Waals surface area contributed by atoms with Gasteiger partial charge >= 0.3 is 0 Å². The molecule has 0 heterocycles. The number of carbonyl (C=O) groups is 1. The number of hydrogen-bond acceptors (Lipinski definition) is 4. The van der Waals surface area contributed by atoms with Gasteiger partial charge in [0.2, 0.25) is 0 Å². The lowest BCUT2D eigenvalue weighted by atomic mass is 10.3. The molecule has 0 radical (unpaired) electrons. The summed E-state index contributed by atoms with van der Waals surface area (Å²) in [6, 6.07) is 5.21. The van der Waals surface area contributed by atoms with Crippen LogP contribution in [0, 0.1) is 0 Å². The second-order valence-electron chi connectivity index (χ2n) is 2.55. The van der Waals surface area contributed by atoms with Gasteiger partial charge in [-0.3, -0.25) is 4.79 Å². The number of para-hydroxylation sites is 1. The van der Waals surface area contributed by atoms with E-state index in [2.05, 4.69) is 26.4 Å². The molecule has 5 nitrogen and oxygen atoms in total. The van der Waals surface area contributed by atoms with Gasteiger partial charge in [0, 0.05) is 0 Å². The van der Waals surface area contributed by atoms with E-state index >= 15 is 0 Å². The van der Waals surface area contributed by atoms with Gasteiger partial charge in [-0.25, -0.2) is 0 Å². The minimum absolute atomic E-state index is 0.497. The van der Waals surface area contributed by atoms with E-state index in [0.29, 0.717) is 11.4 Å². The molecule has 0 spiro atoms. The Morgan fingerprint density at radius 1 is 1.67 bits per heavy atom. The number of hydrogen-bond donors (Lipinski definition) is 2. The number of halogens is 1. The molecule has 1 aromatic rings. The number of anilines is 1. The minimum Gasteiger partial charge on any atom is -0.493 e. The molecule has 0 aliphatic rings. The van der Waals surface area contributed by atoms with Crippen molar-refractivity contribution in [2.75, 3.05) is 12.4 Å². The average Bonchev–Trinajstić information content (AvgIpc) is 2.18. The predicted molar refractivity (Wildman–Crippen MR) is 59.6 cm³/mol. The van der Waals surface area contributed by atoms with Gasteiger partial charge in [0.25, 0.3) is 5.91 Å². The maximum Gasteiger partial charge on any atom is 0.270 e. The van der Waals surface area contributed by atoms with Crippen molar-refractivity contribution in [3.63, 3.8) is 0 Å². The van der Waals surface area contributed by atoms with Crippen molar-refractivity contribution >= 4 is 33.7 Å². The van der Waals surface area contributed by atoms with Crippen molar-refractivity contribution < 1.29 is 14.7 Å². The molecular formula is C9H9BrN2O3. The summed E-state index contributed by atoms with van der Waals surface area (Å²) in [6.45, 7) is 0. The topological polar surface area (TPSA) is 70.9 Å². The van der Waals surface area contributed by atoms with Crippen LogP contribution in [0.3, 0.4) is 0 Å². The molecule has 0 atom stereocenters. The van der Waals surface area contributed by atoms with Crippen LogP contribution in [0.4, 0.5) is 5.69 Å². The smallest absolute Gasteiger partial charge is 0.270 e. The monoisotopic (exact) mass is 272 g/mol. The lowest BCUT2D eigenvalue weighted by Gasteiger charge is -2.09. The number of nitrogens with zero attached hydrogens (tertiary/aromatic N) is 1. The predicted octanol–water partition coefficient (Wildman–Crippen LogP) is 1.86. The molecule has 0 aliphatic heterocycles. The first-order chi connectivity index (χ1) is 7.19. The SMILES string of the molecule is COc1c(Br)cccc1NC(=O)C=NO. The van der Waals surface area contributed by atoms with Gasteiger partial charge in [-0.05, 0) is 28.1 Å². The first-order valence-electron chi connectivity index (χ1n) is 4.00. The third kappa shape index (κ3) is 2.95. The standard InChI is InChI=1S/C9H9BrN2O3/c1-15-9-6(10)3-2-4-7(9)12-8(13)5-11-14/h2-5,14H,1H3,(H,12,13). The highest BCUT2D eigenvalue weighted by Gasteiger charge is 2.08. The van der Waals surface area contributed by atoms with Crippen molar-refractivity contribution in [2.45, 2.75) is 0 Å². The third-order valence-corrected chi connectivity index (χ3v) is 2.23. The van der Waals surface area contributed by atoms with E-state index in [1.165, 1.54) is 7.11 Å². The molecule has 0 fully saturated rings. The van der Waals surface area contributed by atoms with E-state index < -0.39 is 5.91 Å². The van der Waals surface area contributed by atoms with E-state index in [-0.39, 0.29) is 0 Å². The lowest BCUT2D eigenvalue weighted by Crippen LogP contribution is -2.13.